The number of aliphatic hydroxyl groups is 2. The Morgan fingerprint density at radius 2 is 0.800 bits per heavy atom. The minimum Gasteiger partial charge on any atom is -0.479 e. The SMILES string of the molecule is CC/C=C\C/C=C\C/C=C\C/C=C\CCCCCCC(=O)OCC(COC1OC(C(=O)O)C(O)C(O)C1OC(=O)CCCCC/C=C\C/C=C\C/C=C\CC)OC(=O)CCCCCCC/C=C\C/C=C\C/C=C\CC. The minimum atomic E-state index is -1.93. The highest BCUT2D eigenvalue weighted by atomic mass is 16.7. The number of carboxylic acid groups (broad SMARTS) is 1. The first-order valence-corrected chi connectivity index (χ1v) is 28.5. The van der Waals surface area contributed by atoms with Gasteiger partial charge in [0, 0.05) is 19.3 Å². The lowest BCUT2D eigenvalue weighted by Gasteiger charge is -2.40. The van der Waals surface area contributed by atoms with Crippen molar-refractivity contribution in [3.8, 4) is 0 Å². The van der Waals surface area contributed by atoms with E-state index >= 15 is 0 Å². The van der Waals surface area contributed by atoms with Crippen molar-refractivity contribution in [2.24, 2.45) is 0 Å². The van der Waals surface area contributed by atoms with E-state index in [0.717, 1.165) is 141 Å². The molecule has 1 heterocycles. The van der Waals surface area contributed by atoms with Gasteiger partial charge >= 0.3 is 23.9 Å². The van der Waals surface area contributed by atoms with Crippen molar-refractivity contribution in [2.75, 3.05) is 13.2 Å². The van der Waals surface area contributed by atoms with Crippen molar-refractivity contribution < 1.29 is 58.2 Å². The smallest absolute Gasteiger partial charge is 0.335 e. The zero-order chi connectivity index (χ0) is 54.7. The predicted molar refractivity (Wildman–Crippen MR) is 303 cm³/mol. The summed E-state index contributed by atoms with van der Waals surface area (Å²) in [6.45, 7) is 5.58. The van der Waals surface area contributed by atoms with Crippen LogP contribution in [0.3, 0.4) is 0 Å². The van der Waals surface area contributed by atoms with Gasteiger partial charge in [-0.15, -0.1) is 0 Å². The van der Waals surface area contributed by atoms with Crippen molar-refractivity contribution in [1.82, 2.24) is 0 Å². The summed E-state index contributed by atoms with van der Waals surface area (Å²) in [5, 5.41) is 31.4. The van der Waals surface area contributed by atoms with E-state index in [0.29, 0.717) is 19.3 Å². The van der Waals surface area contributed by atoms with E-state index in [1.54, 1.807) is 0 Å². The summed E-state index contributed by atoms with van der Waals surface area (Å²) in [5.41, 5.74) is 0. The summed E-state index contributed by atoms with van der Waals surface area (Å²) in [6, 6.07) is 0. The van der Waals surface area contributed by atoms with Crippen LogP contribution in [0.1, 0.15) is 201 Å². The van der Waals surface area contributed by atoms with Gasteiger partial charge in [-0.25, -0.2) is 4.79 Å². The van der Waals surface area contributed by atoms with E-state index < -0.39 is 67.3 Å². The van der Waals surface area contributed by atoms with Crippen LogP contribution in [0.2, 0.25) is 0 Å². The first-order chi connectivity index (χ1) is 36.6. The maximum atomic E-state index is 13.1. The average Bonchev–Trinajstić information content (AvgIpc) is 3.39. The number of carboxylic acids is 1. The van der Waals surface area contributed by atoms with Gasteiger partial charge in [0.25, 0.3) is 0 Å². The van der Waals surface area contributed by atoms with E-state index in [-0.39, 0.29) is 25.9 Å². The fourth-order valence-corrected chi connectivity index (χ4v) is 7.74. The maximum Gasteiger partial charge on any atom is 0.335 e. The zero-order valence-corrected chi connectivity index (χ0v) is 46.2. The molecular weight excluding hydrogens is 949 g/mol. The van der Waals surface area contributed by atoms with Crippen LogP contribution < -0.4 is 0 Å². The van der Waals surface area contributed by atoms with E-state index in [1.807, 2.05) is 0 Å². The van der Waals surface area contributed by atoms with Gasteiger partial charge in [0.2, 0.25) is 0 Å². The van der Waals surface area contributed by atoms with E-state index in [4.69, 9.17) is 23.7 Å². The first-order valence-electron chi connectivity index (χ1n) is 28.5. The van der Waals surface area contributed by atoms with Crippen LogP contribution in [0.15, 0.2) is 122 Å². The molecule has 0 radical (unpaired) electrons. The Kier molecular flexibility index (Phi) is 45.4. The summed E-state index contributed by atoms with van der Waals surface area (Å²) < 4.78 is 28.3. The third-order valence-corrected chi connectivity index (χ3v) is 12.0. The Labute approximate surface area is 452 Å². The lowest BCUT2D eigenvalue weighted by molar-refractivity contribution is -0.301. The van der Waals surface area contributed by atoms with Crippen molar-refractivity contribution in [3.05, 3.63) is 122 Å². The minimum absolute atomic E-state index is 0.0140. The molecule has 1 aliphatic rings. The van der Waals surface area contributed by atoms with Crippen molar-refractivity contribution in [2.45, 2.75) is 237 Å². The fraction of sp³-hybridized carbons (Fsp3) is 0.619. The summed E-state index contributed by atoms with van der Waals surface area (Å²) >= 11 is 0. The first kappa shape index (κ1) is 68.1. The molecule has 0 aromatic carbocycles. The van der Waals surface area contributed by atoms with Crippen LogP contribution in [0, 0.1) is 0 Å². The molecule has 12 nitrogen and oxygen atoms in total. The Hall–Kier alpha value is -4.88. The summed E-state index contributed by atoms with van der Waals surface area (Å²) in [5.74, 6) is -3.23. The molecule has 0 aromatic rings. The Morgan fingerprint density at radius 3 is 1.23 bits per heavy atom. The molecule has 12 heteroatoms. The van der Waals surface area contributed by atoms with Gasteiger partial charge < -0.3 is 39.0 Å². The highest BCUT2D eigenvalue weighted by molar-refractivity contribution is 5.74. The molecule has 6 atom stereocenters. The number of hydrogen-bond donors (Lipinski definition) is 3. The number of esters is 3. The number of aliphatic carboxylic acids is 1. The van der Waals surface area contributed by atoms with Crippen LogP contribution in [0.4, 0.5) is 0 Å². The predicted octanol–water partition coefficient (Wildman–Crippen LogP) is 14.4. The lowest BCUT2D eigenvalue weighted by atomic mass is 9.98. The molecule has 0 aromatic heterocycles. The molecule has 0 bridgehead atoms. The largest absolute Gasteiger partial charge is 0.479 e. The van der Waals surface area contributed by atoms with Crippen molar-refractivity contribution >= 4 is 23.9 Å². The highest BCUT2D eigenvalue weighted by Crippen LogP contribution is 2.26. The Balaban J connectivity index is 2.76. The number of hydrogen-bond acceptors (Lipinski definition) is 11. The normalized spacial score (nSPS) is 19.1. The zero-order valence-electron chi connectivity index (χ0n) is 46.2. The standard InChI is InChI=1S/C63H98O12/c1-4-7-10-13-16-19-22-25-27-28-30-32-34-37-40-43-46-49-55(64)71-52-54(73-56(65)50-47-44-41-38-36-33-29-26-23-20-17-14-11-8-5-2)53-72-63-61(59(68)58(67)60(75-63)62(69)70)74-57(66)51-48-45-42-39-35-31-24-21-18-15-12-9-6-3/h7-12,16-21,25-27,29-32,35,54,58-61,63,67-68H,4-6,13-15,22-24,28,33-34,36-53H2,1-3H3,(H,69,70)/b10-7-,11-8-,12-9-,19-16-,20-17-,21-18-,27-25-,29-26-,32-30-,35-31-. The van der Waals surface area contributed by atoms with Crippen molar-refractivity contribution in [1.29, 1.82) is 0 Å². The number of ether oxygens (including phenoxy) is 5. The molecule has 0 aliphatic carbocycles. The molecule has 1 saturated heterocycles. The topological polar surface area (TPSA) is 175 Å². The van der Waals surface area contributed by atoms with Gasteiger partial charge in [0.1, 0.15) is 18.8 Å². The molecule has 0 saturated carbocycles. The van der Waals surface area contributed by atoms with E-state index in [9.17, 15) is 34.5 Å². The molecule has 1 rings (SSSR count). The van der Waals surface area contributed by atoms with Gasteiger partial charge in [-0.1, -0.05) is 181 Å². The molecule has 422 valence electrons. The monoisotopic (exact) mass is 1050 g/mol. The second-order valence-corrected chi connectivity index (χ2v) is 18.8. The summed E-state index contributed by atoms with van der Waals surface area (Å²) in [6.07, 6.45) is 56.0. The quantitative estimate of drug-likeness (QED) is 0.0228. The molecule has 3 N–H and O–H groups in total. The Bertz CT molecular complexity index is 1770. The number of carbonyl (C=O) groups is 4. The molecular formula is C63H98O12. The molecule has 75 heavy (non-hydrogen) atoms. The lowest BCUT2D eigenvalue weighted by Crippen LogP contribution is -2.61. The third-order valence-electron chi connectivity index (χ3n) is 12.0. The number of allylic oxidation sites excluding steroid dienone is 20. The maximum absolute atomic E-state index is 13.1. The number of aliphatic hydroxyl groups excluding tert-OH is 2. The molecule has 0 amide bonds. The van der Waals surface area contributed by atoms with Crippen molar-refractivity contribution in [3.63, 3.8) is 0 Å². The second-order valence-electron chi connectivity index (χ2n) is 18.8. The van der Waals surface area contributed by atoms with Gasteiger partial charge in [0.05, 0.1) is 6.61 Å². The number of carbonyl (C=O) groups excluding carboxylic acids is 3. The molecule has 6 unspecified atom stereocenters. The van der Waals surface area contributed by atoms with Crippen LogP contribution in [-0.2, 0) is 42.9 Å². The van der Waals surface area contributed by atoms with Gasteiger partial charge in [-0.2, -0.15) is 0 Å². The van der Waals surface area contributed by atoms with Crippen LogP contribution in [-0.4, -0.2) is 89.2 Å². The number of unbranched alkanes of at least 4 members (excludes halogenated alkanes) is 12. The molecule has 1 aliphatic heterocycles. The average molecular weight is 1050 g/mol. The molecule has 1 fully saturated rings. The van der Waals surface area contributed by atoms with E-state index in [2.05, 4.69) is 142 Å². The Morgan fingerprint density at radius 1 is 0.440 bits per heavy atom. The summed E-state index contributed by atoms with van der Waals surface area (Å²) in [7, 11) is 0. The van der Waals surface area contributed by atoms with E-state index in [1.165, 1.54) is 0 Å². The number of rotatable bonds is 46. The van der Waals surface area contributed by atoms with Gasteiger partial charge in [0.15, 0.2) is 24.6 Å². The van der Waals surface area contributed by atoms with Crippen LogP contribution in [0.25, 0.3) is 0 Å². The van der Waals surface area contributed by atoms with Gasteiger partial charge in [-0.3, -0.25) is 14.4 Å². The molecule has 0 spiro atoms. The third kappa shape index (κ3) is 40.1. The summed E-state index contributed by atoms with van der Waals surface area (Å²) in [4.78, 5) is 51.1. The van der Waals surface area contributed by atoms with Crippen LogP contribution in [0.5, 0.6) is 0 Å². The highest BCUT2D eigenvalue weighted by Gasteiger charge is 2.50. The fourth-order valence-electron chi connectivity index (χ4n) is 7.74. The van der Waals surface area contributed by atoms with Crippen LogP contribution >= 0.6 is 0 Å². The van der Waals surface area contributed by atoms with Gasteiger partial charge in [-0.05, 0) is 122 Å². The second kappa shape index (κ2) is 50.0.